The van der Waals surface area contributed by atoms with E-state index in [-0.39, 0.29) is 30.3 Å². The van der Waals surface area contributed by atoms with Gasteiger partial charge in [0.2, 0.25) is 5.91 Å². The normalized spacial score (nSPS) is 19.3. The second-order valence-electron chi connectivity index (χ2n) is 7.63. The number of hydrogen-bond donors (Lipinski definition) is 0. The van der Waals surface area contributed by atoms with Crippen LogP contribution < -0.4 is 0 Å². The second-order valence-corrected chi connectivity index (χ2v) is 7.63. The Bertz CT molecular complexity index is 847. The van der Waals surface area contributed by atoms with Gasteiger partial charge in [-0.25, -0.2) is 4.39 Å². The molecule has 28 heavy (non-hydrogen) atoms. The van der Waals surface area contributed by atoms with E-state index in [0.717, 1.165) is 37.0 Å². The summed E-state index contributed by atoms with van der Waals surface area (Å²) >= 11 is 0. The van der Waals surface area contributed by atoms with Crippen LogP contribution in [0.2, 0.25) is 0 Å². The summed E-state index contributed by atoms with van der Waals surface area (Å²) in [6.07, 6.45) is 4.46. The van der Waals surface area contributed by atoms with Gasteiger partial charge in [-0.3, -0.25) is 4.79 Å². The first-order chi connectivity index (χ1) is 13.7. The molecule has 0 radical (unpaired) electrons. The van der Waals surface area contributed by atoms with Gasteiger partial charge in [0, 0.05) is 24.4 Å². The zero-order valence-electron chi connectivity index (χ0n) is 15.9. The van der Waals surface area contributed by atoms with Crippen LogP contribution in [0.5, 0.6) is 0 Å². The van der Waals surface area contributed by atoms with Gasteiger partial charge in [-0.2, -0.15) is 0 Å². The highest BCUT2D eigenvalue weighted by Crippen LogP contribution is 2.28. The first kappa shape index (κ1) is 18.7. The van der Waals surface area contributed by atoms with E-state index in [9.17, 15) is 9.18 Å². The van der Waals surface area contributed by atoms with Crippen molar-refractivity contribution in [1.82, 2.24) is 4.90 Å². The van der Waals surface area contributed by atoms with Crippen LogP contribution in [0.3, 0.4) is 0 Å². The zero-order valence-corrected chi connectivity index (χ0v) is 15.9. The lowest BCUT2D eigenvalue weighted by atomic mass is 10.0. The van der Waals surface area contributed by atoms with Crippen molar-refractivity contribution in [2.45, 2.75) is 44.8 Å². The van der Waals surface area contributed by atoms with Crippen LogP contribution in [0.25, 0.3) is 0 Å². The average Bonchev–Trinajstić information content (AvgIpc) is 3.41. The number of carbonyl (C=O) groups excluding carboxylic acids is 1. The molecule has 1 heterocycles. The van der Waals surface area contributed by atoms with E-state index >= 15 is 0 Å². The van der Waals surface area contributed by atoms with E-state index < -0.39 is 0 Å². The molecular weight excluding hydrogens is 355 g/mol. The Kier molecular flexibility index (Phi) is 5.70. The summed E-state index contributed by atoms with van der Waals surface area (Å²) in [6, 6.07) is 16.6. The van der Waals surface area contributed by atoms with Crippen molar-refractivity contribution in [2.75, 3.05) is 6.54 Å². The summed E-state index contributed by atoms with van der Waals surface area (Å²) in [4.78, 5) is 20.5. The molecule has 0 bridgehead atoms. The third-order valence-electron chi connectivity index (χ3n) is 5.60. The van der Waals surface area contributed by atoms with Gasteiger partial charge < -0.3 is 9.74 Å². The van der Waals surface area contributed by atoms with E-state index in [4.69, 9.17) is 4.84 Å². The minimum Gasteiger partial charge on any atom is -0.390 e. The molecule has 0 unspecified atom stereocenters. The lowest BCUT2D eigenvalue weighted by Crippen LogP contribution is -2.40. The van der Waals surface area contributed by atoms with Gasteiger partial charge in [0.15, 0.2) is 6.10 Å². The quantitative estimate of drug-likeness (QED) is 0.738. The van der Waals surface area contributed by atoms with Crippen molar-refractivity contribution in [2.24, 2.45) is 11.1 Å². The maximum atomic E-state index is 14.2. The average molecular weight is 380 g/mol. The molecule has 4 rings (SSSR count). The first-order valence-corrected chi connectivity index (χ1v) is 10.0. The van der Waals surface area contributed by atoms with Crippen molar-refractivity contribution in [3.05, 3.63) is 71.5 Å². The molecule has 0 aromatic heterocycles. The fraction of sp³-hybridized carbons (Fsp3) is 0.391. The number of oxime groups is 1. The van der Waals surface area contributed by atoms with Crippen molar-refractivity contribution >= 4 is 11.6 Å². The van der Waals surface area contributed by atoms with Crippen LogP contribution in [0.1, 0.15) is 43.2 Å². The molecule has 1 aliphatic heterocycles. The number of nitrogens with zero attached hydrogens (tertiary/aromatic N) is 2. The Balaban J connectivity index is 1.46. The maximum Gasteiger partial charge on any atom is 0.226 e. The fourth-order valence-electron chi connectivity index (χ4n) is 4.07. The lowest BCUT2D eigenvalue weighted by Gasteiger charge is -2.27. The van der Waals surface area contributed by atoms with Crippen molar-refractivity contribution in [1.29, 1.82) is 0 Å². The molecule has 4 nitrogen and oxygen atoms in total. The maximum absolute atomic E-state index is 14.2. The minimum atomic E-state index is -0.278. The molecular formula is C23H25FN2O2. The molecule has 1 fully saturated rings. The third kappa shape index (κ3) is 4.24. The second kappa shape index (κ2) is 8.55. The Morgan fingerprint density at radius 2 is 1.79 bits per heavy atom. The Morgan fingerprint density at radius 3 is 2.54 bits per heavy atom. The number of carbonyl (C=O) groups is 1. The SMILES string of the molecule is O=C(C1CCCC1)N(Cc1ccccc1F)C[C@@H]1CC(c2ccccc2)=NO1. The van der Waals surface area contributed by atoms with Crippen molar-refractivity contribution < 1.29 is 14.0 Å². The van der Waals surface area contributed by atoms with Gasteiger partial charge in [0.1, 0.15) is 5.82 Å². The third-order valence-corrected chi connectivity index (χ3v) is 5.60. The van der Waals surface area contributed by atoms with Crippen LogP contribution >= 0.6 is 0 Å². The summed E-state index contributed by atoms with van der Waals surface area (Å²) in [5.41, 5.74) is 2.47. The van der Waals surface area contributed by atoms with Crippen LogP contribution in [-0.2, 0) is 16.2 Å². The van der Waals surface area contributed by atoms with Gasteiger partial charge in [-0.1, -0.05) is 66.5 Å². The lowest BCUT2D eigenvalue weighted by molar-refractivity contribution is -0.137. The van der Waals surface area contributed by atoms with E-state index in [2.05, 4.69) is 5.16 Å². The number of benzene rings is 2. The van der Waals surface area contributed by atoms with Gasteiger partial charge in [-0.15, -0.1) is 0 Å². The predicted octanol–water partition coefficient (Wildman–Crippen LogP) is 4.54. The summed E-state index contributed by atoms with van der Waals surface area (Å²) < 4.78 is 14.2. The number of amides is 1. The van der Waals surface area contributed by atoms with E-state index in [1.54, 1.807) is 23.1 Å². The predicted molar refractivity (Wildman–Crippen MR) is 106 cm³/mol. The summed E-state index contributed by atoms with van der Waals surface area (Å²) in [6.45, 7) is 0.687. The Hall–Kier alpha value is -2.69. The summed E-state index contributed by atoms with van der Waals surface area (Å²) in [5, 5.41) is 4.23. The highest BCUT2D eigenvalue weighted by atomic mass is 19.1. The highest BCUT2D eigenvalue weighted by Gasteiger charge is 2.31. The van der Waals surface area contributed by atoms with Crippen LogP contribution in [0.15, 0.2) is 59.8 Å². The molecule has 1 saturated carbocycles. The smallest absolute Gasteiger partial charge is 0.226 e. The molecule has 146 valence electrons. The number of halogens is 1. The van der Waals surface area contributed by atoms with Crippen molar-refractivity contribution in [3.63, 3.8) is 0 Å². The van der Waals surface area contributed by atoms with E-state index in [1.807, 2.05) is 30.3 Å². The first-order valence-electron chi connectivity index (χ1n) is 10.0. The molecule has 0 N–H and O–H groups in total. The van der Waals surface area contributed by atoms with Crippen LogP contribution in [0, 0.1) is 11.7 Å². The van der Waals surface area contributed by atoms with Crippen molar-refractivity contribution in [3.8, 4) is 0 Å². The molecule has 1 amide bonds. The molecule has 2 aromatic rings. The molecule has 1 aliphatic carbocycles. The molecule has 2 aliphatic rings. The van der Waals surface area contributed by atoms with Gasteiger partial charge in [0.25, 0.3) is 0 Å². The molecule has 0 spiro atoms. The topological polar surface area (TPSA) is 41.9 Å². The largest absolute Gasteiger partial charge is 0.390 e. The number of rotatable bonds is 6. The standard InChI is InChI=1S/C23H25FN2O2/c24-21-13-7-6-12-19(21)15-26(23(27)18-10-4-5-11-18)16-20-14-22(25-28-20)17-8-2-1-3-9-17/h1-3,6-9,12-13,18,20H,4-5,10-11,14-16H2/t20-/m0/s1. The fourth-order valence-corrected chi connectivity index (χ4v) is 4.07. The molecule has 1 atom stereocenters. The molecule has 2 aromatic carbocycles. The summed E-state index contributed by atoms with van der Waals surface area (Å²) in [5.74, 6) is -0.125. The van der Waals surface area contributed by atoms with Crippen LogP contribution in [-0.4, -0.2) is 29.2 Å². The minimum absolute atomic E-state index is 0.0442. The molecule has 0 saturated heterocycles. The van der Waals surface area contributed by atoms with Gasteiger partial charge in [-0.05, 0) is 24.5 Å². The van der Waals surface area contributed by atoms with E-state index in [0.29, 0.717) is 18.5 Å². The highest BCUT2D eigenvalue weighted by molar-refractivity contribution is 6.01. The Morgan fingerprint density at radius 1 is 1.07 bits per heavy atom. The zero-order chi connectivity index (χ0) is 19.3. The van der Waals surface area contributed by atoms with Gasteiger partial charge >= 0.3 is 0 Å². The summed E-state index contributed by atoms with van der Waals surface area (Å²) in [7, 11) is 0. The van der Waals surface area contributed by atoms with Crippen LogP contribution in [0.4, 0.5) is 4.39 Å². The van der Waals surface area contributed by atoms with E-state index in [1.165, 1.54) is 6.07 Å². The molecule has 5 heteroatoms. The van der Waals surface area contributed by atoms with Gasteiger partial charge in [0.05, 0.1) is 12.3 Å². The number of hydrogen-bond acceptors (Lipinski definition) is 3. The Labute approximate surface area is 165 Å². The monoisotopic (exact) mass is 380 g/mol.